The van der Waals surface area contributed by atoms with Gasteiger partial charge in [0, 0.05) is 101 Å². The first kappa shape index (κ1) is 76.3. The van der Waals surface area contributed by atoms with Crippen LogP contribution >= 0.6 is 0 Å². The van der Waals surface area contributed by atoms with Gasteiger partial charge in [-0.2, -0.15) is 5.26 Å². The summed E-state index contributed by atoms with van der Waals surface area (Å²) >= 11 is 0. The molecule has 0 amide bonds. The first-order valence-corrected chi connectivity index (χ1v) is 43.6. The average Bonchev–Trinajstić information content (AvgIpc) is 0.924. The summed E-state index contributed by atoms with van der Waals surface area (Å²) in [5.41, 5.74) is 27.5. The van der Waals surface area contributed by atoms with Gasteiger partial charge in [0.25, 0.3) is 0 Å². The van der Waals surface area contributed by atoms with Crippen LogP contribution in [0.4, 0.5) is 72.6 Å². The Labute approximate surface area is 742 Å². The number of halogens is 1. The topological polar surface area (TPSA) is 55.2 Å². The molecular formula is C120H82FN5O2. The minimum atomic E-state index is -0.324. The van der Waals surface area contributed by atoms with Crippen LogP contribution in [-0.2, 0) is 5.41 Å². The smallest absolute Gasteiger partial charge is 0.148 e. The highest BCUT2D eigenvalue weighted by atomic mass is 19.1. The lowest BCUT2D eigenvalue weighted by Crippen LogP contribution is -2.16. The van der Waals surface area contributed by atoms with E-state index in [2.05, 4.69) is 369 Å². The van der Waals surface area contributed by atoms with Crippen molar-refractivity contribution >= 4 is 133 Å². The number of aryl methyl sites for hydroxylation is 2. The third-order valence-corrected chi connectivity index (χ3v) is 26.0. The van der Waals surface area contributed by atoms with Crippen molar-refractivity contribution in [2.24, 2.45) is 0 Å². The molecule has 606 valence electrons. The maximum Gasteiger partial charge on any atom is 0.148 e. The highest BCUT2D eigenvalue weighted by Gasteiger charge is 2.37. The van der Waals surface area contributed by atoms with Gasteiger partial charge in [-0.1, -0.05) is 269 Å². The molecule has 0 unspecified atom stereocenters. The second kappa shape index (κ2) is 31.0. The lowest BCUT2D eigenvalue weighted by Gasteiger charge is -2.31. The fourth-order valence-corrected chi connectivity index (χ4v) is 20.4. The average molecular weight is 1650 g/mol. The molecule has 0 atom stereocenters. The Morgan fingerprint density at radius 1 is 0.250 bits per heavy atom. The van der Waals surface area contributed by atoms with E-state index in [-0.39, 0.29) is 11.2 Å². The van der Waals surface area contributed by atoms with E-state index < -0.39 is 0 Å². The molecule has 3 aliphatic rings. The first-order chi connectivity index (χ1) is 63.0. The molecule has 1 aliphatic carbocycles. The van der Waals surface area contributed by atoms with Gasteiger partial charge in [0.05, 0.1) is 34.4 Å². The quantitative estimate of drug-likeness (QED) is 0.101. The molecule has 0 aromatic heterocycles. The molecule has 0 spiro atoms. The number of rotatable bonds is 14. The Morgan fingerprint density at radius 3 is 1.13 bits per heavy atom. The predicted octanol–water partition coefficient (Wildman–Crippen LogP) is 34.0. The number of benzene rings is 21. The summed E-state index contributed by atoms with van der Waals surface area (Å²) in [4.78, 5) is 9.09. The van der Waals surface area contributed by atoms with Crippen LogP contribution in [0.25, 0.3) is 120 Å². The summed E-state index contributed by atoms with van der Waals surface area (Å²) in [7, 11) is 0. The van der Waals surface area contributed by atoms with Crippen molar-refractivity contribution in [3.05, 3.63) is 458 Å². The molecule has 21 aromatic rings. The second-order valence-electron chi connectivity index (χ2n) is 33.9. The largest absolute Gasteiger partial charge is 0.456 e. The van der Waals surface area contributed by atoms with Crippen LogP contribution in [0.2, 0.25) is 0 Å². The van der Waals surface area contributed by atoms with Crippen molar-refractivity contribution < 1.29 is 13.9 Å². The predicted molar refractivity (Wildman–Crippen MR) is 530 cm³/mol. The zero-order valence-corrected chi connectivity index (χ0v) is 70.8. The van der Waals surface area contributed by atoms with Gasteiger partial charge < -0.3 is 29.1 Å². The molecule has 0 saturated heterocycles. The van der Waals surface area contributed by atoms with E-state index in [0.717, 1.165) is 173 Å². The standard InChI is InChI=1S/C63H42FN3O.C57H40N2O/c1-40-32-42(39-65)33-41(2)62(40)66(46-22-11-5-12-23-46)48-30-31-51-56-37-54-49-26-15-16-27-50(49)58(38-55(54)52-28-17-29-59(61(52)56)68-60(51)36-48)67(47-24-13-6-14-25-47)63-53(44-20-9-4-10-21-44)34-45(35-57(63)64)43-18-7-3-8-19-43;1-57(2)51-27-15-14-24-43(51)44-31-29-40(33-52(44)57)58(37-17-6-3-7-18-37)41-30-32-46-50-35-48-42-23-12-13-25-45(42)53(59(38-19-8-4-9-20-38)39-21-10-5-11-22-39)36-49(48)47-26-16-28-54(56(47)50)60-55(46)34-41/h3-38H,1-2H3;3-36H,1-2H3. The molecule has 2 aliphatic heterocycles. The Balaban J connectivity index is 0.000000148. The van der Waals surface area contributed by atoms with Gasteiger partial charge in [0.15, 0.2) is 0 Å². The monoisotopic (exact) mass is 1640 g/mol. The van der Waals surface area contributed by atoms with Gasteiger partial charge in [-0.15, -0.1) is 0 Å². The van der Waals surface area contributed by atoms with Crippen LogP contribution in [0, 0.1) is 31.0 Å². The molecule has 0 radical (unpaired) electrons. The molecular weight excluding hydrogens is 1560 g/mol. The normalized spacial score (nSPS) is 12.3. The number of ether oxygens (including phenoxy) is 2. The number of para-hydroxylation sites is 5. The summed E-state index contributed by atoms with van der Waals surface area (Å²) in [6.07, 6.45) is 0. The molecule has 0 saturated carbocycles. The van der Waals surface area contributed by atoms with E-state index in [1.165, 1.54) is 54.7 Å². The molecule has 7 nitrogen and oxygen atoms in total. The Hall–Kier alpha value is -16.6. The lowest BCUT2D eigenvalue weighted by atomic mass is 9.82. The van der Waals surface area contributed by atoms with Crippen LogP contribution in [0.3, 0.4) is 0 Å². The van der Waals surface area contributed by atoms with Crippen LogP contribution < -0.4 is 29.1 Å². The minimum Gasteiger partial charge on any atom is -0.456 e. The van der Waals surface area contributed by atoms with Gasteiger partial charge in [-0.05, 0) is 276 Å². The first-order valence-electron chi connectivity index (χ1n) is 43.6. The van der Waals surface area contributed by atoms with E-state index in [4.69, 9.17) is 9.47 Å². The van der Waals surface area contributed by atoms with Gasteiger partial charge in [0.2, 0.25) is 0 Å². The van der Waals surface area contributed by atoms with Crippen molar-refractivity contribution in [2.75, 3.05) is 19.6 Å². The van der Waals surface area contributed by atoms with Crippen LogP contribution in [0.5, 0.6) is 23.0 Å². The maximum absolute atomic E-state index is 17.6. The number of fused-ring (bicyclic) bond motifs is 15. The van der Waals surface area contributed by atoms with Gasteiger partial charge in [-0.25, -0.2) is 4.39 Å². The van der Waals surface area contributed by atoms with Crippen molar-refractivity contribution in [3.8, 4) is 84.7 Å². The molecule has 128 heavy (non-hydrogen) atoms. The fraction of sp³-hybridized carbons (Fsp3) is 0.0417. The maximum atomic E-state index is 17.6. The number of hydrogen-bond donors (Lipinski definition) is 0. The molecule has 8 heteroatoms. The third kappa shape index (κ3) is 12.8. The summed E-state index contributed by atoms with van der Waals surface area (Å²) in [6, 6.07) is 151. The lowest BCUT2D eigenvalue weighted by molar-refractivity contribution is 0.487. The number of anilines is 12. The van der Waals surface area contributed by atoms with E-state index in [1.807, 2.05) is 103 Å². The number of nitrogens with zero attached hydrogens (tertiary/aromatic N) is 5. The van der Waals surface area contributed by atoms with Crippen molar-refractivity contribution in [1.29, 1.82) is 5.26 Å². The highest BCUT2D eigenvalue weighted by Crippen LogP contribution is 2.58. The SMILES string of the molecule is CC1(C)c2ccccc2-c2ccc(N(c3ccccc3)c3ccc4c(c3)Oc3cccc5c3c-4cc3c4ccccc4c(N(c4ccccc4)c4ccccc4)cc53)cc21.Cc1cc(C#N)cc(C)c1N(c1ccccc1)c1ccc2c(c1)Oc1cccc3c1c-2cc1c2ccccc2c(N(c2ccccc2)c2c(F)cc(-c4ccccc4)cc2-c2ccccc2)cc31. The fourth-order valence-electron chi connectivity index (χ4n) is 20.4. The summed E-state index contributed by atoms with van der Waals surface area (Å²) in [5, 5.41) is 23.2. The second-order valence-corrected chi connectivity index (χ2v) is 33.9. The van der Waals surface area contributed by atoms with Crippen LogP contribution in [-0.4, -0.2) is 0 Å². The molecule has 21 aromatic carbocycles. The summed E-state index contributed by atoms with van der Waals surface area (Å²) in [5.74, 6) is 2.92. The molecule has 0 N–H and O–H groups in total. The van der Waals surface area contributed by atoms with Gasteiger partial charge in [-0.3, -0.25) is 0 Å². The molecule has 0 bridgehead atoms. The molecule has 0 fully saturated rings. The third-order valence-electron chi connectivity index (χ3n) is 26.0. The van der Waals surface area contributed by atoms with E-state index >= 15 is 4.39 Å². The minimum absolute atomic E-state index is 0.110. The Morgan fingerprint density at radius 2 is 0.633 bits per heavy atom. The van der Waals surface area contributed by atoms with Crippen LogP contribution in [0.15, 0.2) is 425 Å². The van der Waals surface area contributed by atoms with Crippen molar-refractivity contribution in [1.82, 2.24) is 0 Å². The molecule has 2 heterocycles. The van der Waals surface area contributed by atoms with E-state index in [9.17, 15) is 5.26 Å². The van der Waals surface area contributed by atoms with Gasteiger partial charge >= 0.3 is 0 Å². The zero-order valence-electron chi connectivity index (χ0n) is 70.8. The number of hydrogen-bond acceptors (Lipinski definition) is 7. The summed E-state index contributed by atoms with van der Waals surface area (Å²) < 4.78 is 31.6. The Kier molecular flexibility index (Phi) is 18.5. The number of nitriles is 1. The van der Waals surface area contributed by atoms with E-state index in [1.54, 1.807) is 6.07 Å². The van der Waals surface area contributed by atoms with Crippen molar-refractivity contribution in [2.45, 2.75) is 33.1 Å². The van der Waals surface area contributed by atoms with Crippen LogP contribution in [0.1, 0.15) is 41.7 Å². The zero-order chi connectivity index (χ0) is 85.8. The van der Waals surface area contributed by atoms with Crippen molar-refractivity contribution in [3.63, 3.8) is 0 Å². The summed E-state index contributed by atoms with van der Waals surface area (Å²) in [6.45, 7) is 8.81. The highest BCUT2D eigenvalue weighted by molar-refractivity contribution is 6.28. The van der Waals surface area contributed by atoms with E-state index in [0.29, 0.717) is 11.3 Å². The Bertz CT molecular complexity index is 8020. The molecule has 24 rings (SSSR count). The van der Waals surface area contributed by atoms with Gasteiger partial charge in [0.1, 0.15) is 28.8 Å².